The molecule has 0 radical (unpaired) electrons. The molecule has 2 bridgehead atoms. The molecule has 3 fully saturated rings. The number of Topliss-reactive ketones (excluding diaryl/α,β-unsaturated/α-hetero) is 1. The second-order valence-electron chi connectivity index (χ2n) is 12.8. The number of carbonyl (C=O) groups excluding carboxylic acids is 4. The summed E-state index contributed by atoms with van der Waals surface area (Å²) in [7, 11) is 0. The van der Waals surface area contributed by atoms with Crippen molar-refractivity contribution in [3.05, 3.63) is 47.0 Å². The number of aliphatic hydroxyl groups excluding tert-OH is 3. The minimum atomic E-state index is -2.60. The first kappa shape index (κ1) is 31.3. The van der Waals surface area contributed by atoms with Gasteiger partial charge in [0.25, 0.3) is 0 Å². The van der Waals surface area contributed by atoms with Gasteiger partial charge in [-0.1, -0.05) is 32.0 Å². The maximum absolute atomic E-state index is 14.8. The number of hydrogen-bond acceptors (Lipinski definition) is 12. The lowest BCUT2D eigenvalue weighted by Gasteiger charge is -2.68. The second kappa shape index (κ2) is 10.2. The van der Waals surface area contributed by atoms with Gasteiger partial charge in [0.15, 0.2) is 17.5 Å². The summed E-state index contributed by atoms with van der Waals surface area (Å²) in [5.74, 6) is -4.91. The fourth-order valence-electron chi connectivity index (χ4n) is 8.04. The van der Waals surface area contributed by atoms with E-state index < -0.39 is 88.3 Å². The molecule has 1 aromatic carbocycles. The van der Waals surface area contributed by atoms with Crippen LogP contribution in [0.4, 0.5) is 0 Å². The molecule has 0 unspecified atom stereocenters. The normalized spacial score (nSPS) is 41.4. The zero-order chi connectivity index (χ0) is 31.9. The number of aliphatic hydroxyl groups is 4. The number of carbonyl (C=O) groups is 4. The predicted octanol–water partition coefficient (Wildman–Crippen LogP) is 0.623. The Balaban J connectivity index is 1.87. The standard InChI is InChI=1S/C31H38O12/c1-14-20-22(41-15(2)32)25(37)29(6)18(34)12-19-30(13-40-19,43-16(3)33)23(29)26(42-27(38)17-10-8-7-9-11-17)31(39,28(20,4)5)24(36)21(14)35/h7-11,18-19,21-24,26,34-36,39H,12-13H2,1-6H3/t18-,19+,21+,22+,23-,24-,26-,29+,30-,31+/m0/s1. The Morgan fingerprint density at radius 3 is 2.14 bits per heavy atom. The van der Waals surface area contributed by atoms with Crippen molar-refractivity contribution >= 4 is 23.7 Å². The van der Waals surface area contributed by atoms with E-state index in [1.54, 1.807) is 18.2 Å². The van der Waals surface area contributed by atoms with Crippen LogP contribution in [0.1, 0.15) is 58.3 Å². The van der Waals surface area contributed by atoms with E-state index in [4.69, 9.17) is 18.9 Å². The van der Waals surface area contributed by atoms with Crippen LogP contribution in [0.3, 0.4) is 0 Å². The summed E-state index contributed by atoms with van der Waals surface area (Å²) >= 11 is 0. The molecule has 3 aliphatic carbocycles. The maximum Gasteiger partial charge on any atom is 0.338 e. The van der Waals surface area contributed by atoms with Gasteiger partial charge in [0.05, 0.1) is 29.6 Å². The SMILES string of the molecule is CC(=O)O[C@H]1C(=O)[C@@]2(C)[C@H]([C@H](OC(=O)c3ccccc3)[C@]3(O)[C@@H](O)[C@H](O)C(C)=C1C3(C)C)[C@]1(OC(C)=O)CO[C@@H]1C[C@@H]2O. The molecule has 0 aromatic heterocycles. The first-order chi connectivity index (χ1) is 20.0. The van der Waals surface area contributed by atoms with Gasteiger partial charge in [0.2, 0.25) is 0 Å². The van der Waals surface area contributed by atoms with Crippen LogP contribution in [0.2, 0.25) is 0 Å². The highest BCUT2D eigenvalue weighted by Crippen LogP contribution is 2.64. The minimum Gasteiger partial charge on any atom is -0.455 e. The van der Waals surface area contributed by atoms with Crippen molar-refractivity contribution in [2.75, 3.05) is 6.61 Å². The highest BCUT2D eigenvalue weighted by atomic mass is 16.6. The predicted molar refractivity (Wildman–Crippen MR) is 146 cm³/mol. The highest BCUT2D eigenvalue weighted by Gasteiger charge is 2.79. The molecule has 1 aliphatic heterocycles. The van der Waals surface area contributed by atoms with Gasteiger partial charge in [-0.15, -0.1) is 0 Å². The van der Waals surface area contributed by atoms with Crippen LogP contribution in [0.15, 0.2) is 41.5 Å². The average molecular weight is 603 g/mol. The van der Waals surface area contributed by atoms with Crippen LogP contribution in [-0.4, -0.2) is 98.6 Å². The Morgan fingerprint density at radius 1 is 0.977 bits per heavy atom. The van der Waals surface area contributed by atoms with Crippen LogP contribution in [0.5, 0.6) is 0 Å². The van der Waals surface area contributed by atoms with Gasteiger partial charge >= 0.3 is 17.9 Å². The minimum absolute atomic E-state index is 0.00541. The zero-order valence-corrected chi connectivity index (χ0v) is 24.9. The van der Waals surface area contributed by atoms with Crippen molar-refractivity contribution in [2.45, 2.75) is 95.8 Å². The van der Waals surface area contributed by atoms with Gasteiger partial charge in [-0.05, 0) is 37.1 Å². The number of ether oxygens (including phenoxy) is 4. The third-order valence-electron chi connectivity index (χ3n) is 10.3. The second-order valence-corrected chi connectivity index (χ2v) is 12.8. The molecule has 12 heteroatoms. The molecule has 0 spiro atoms. The summed E-state index contributed by atoms with van der Waals surface area (Å²) in [6.07, 6.45) is -10.1. The number of rotatable bonds is 4. The summed E-state index contributed by atoms with van der Waals surface area (Å²) in [6.45, 7) is 7.71. The van der Waals surface area contributed by atoms with Crippen molar-refractivity contribution in [1.29, 1.82) is 0 Å². The Kier molecular flexibility index (Phi) is 7.42. The molecule has 1 aromatic rings. The van der Waals surface area contributed by atoms with Gasteiger partial charge in [0.1, 0.15) is 30.0 Å². The summed E-state index contributed by atoms with van der Waals surface area (Å²) in [6, 6.07) is 7.80. The first-order valence-corrected chi connectivity index (χ1v) is 14.2. The van der Waals surface area contributed by atoms with E-state index in [1.165, 1.54) is 39.8 Å². The van der Waals surface area contributed by atoms with Crippen LogP contribution in [0.25, 0.3) is 0 Å². The Bertz CT molecular complexity index is 1390. The van der Waals surface area contributed by atoms with E-state index in [-0.39, 0.29) is 29.7 Å². The lowest BCUT2D eigenvalue weighted by atomic mass is 9.44. The molecule has 4 N–H and O–H groups in total. The van der Waals surface area contributed by atoms with Crippen molar-refractivity contribution in [2.24, 2.45) is 16.7 Å². The number of ketones is 1. The first-order valence-electron chi connectivity index (χ1n) is 14.2. The third kappa shape index (κ3) is 4.14. The zero-order valence-electron chi connectivity index (χ0n) is 24.9. The van der Waals surface area contributed by atoms with E-state index >= 15 is 0 Å². The lowest BCUT2D eigenvalue weighted by Crippen LogP contribution is -2.83. The molecule has 1 saturated heterocycles. The molecular weight excluding hydrogens is 564 g/mol. The summed E-state index contributed by atoms with van der Waals surface area (Å²) in [5.41, 5.74) is -7.89. The van der Waals surface area contributed by atoms with Crippen LogP contribution >= 0.6 is 0 Å². The van der Waals surface area contributed by atoms with Crippen LogP contribution in [-0.2, 0) is 33.3 Å². The van der Waals surface area contributed by atoms with E-state index in [1.807, 2.05) is 0 Å². The molecular formula is C31H38O12. The molecule has 4 aliphatic rings. The van der Waals surface area contributed by atoms with Crippen molar-refractivity contribution in [1.82, 2.24) is 0 Å². The highest BCUT2D eigenvalue weighted by molar-refractivity contribution is 5.95. The topological polar surface area (TPSA) is 186 Å². The van der Waals surface area contributed by atoms with Gasteiger partial charge in [-0.25, -0.2) is 4.79 Å². The smallest absolute Gasteiger partial charge is 0.338 e. The summed E-state index contributed by atoms with van der Waals surface area (Å²) in [4.78, 5) is 53.5. The molecule has 10 atom stereocenters. The van der Waals surface area contributed by atoms with Gasteiger partial charge < -0.3 is 39.4 Å². The maximum atomic E-state index is 14.8. The fourth-order valence-corrected chi connectivity index (χ4v) is 8.04. The van der Waals surface area contributed by atoms with Gasteiger partial charge in [0, 0.05) is 25.7 Å². The largest absolute Gasteiger partial charge is 0.455 e. The van der Waals surface area contributed by atoms with Crippen LogP contribution in [0, 0.1) is 16.7 Å². The number of fused-ring (bicyclic) bond motifs is 5. The Labute approximate surface area is 248 Å². The molecule has 1 heterocycles. The van der Waals surface area contributed by atoms with Gasteiger partial charge in [-0.3, -0.25) is 14.4 Å². The molecule has 43 heavy (non-hydrogen) atoms. The molecule has 2 saturated carbocycles. The van der Waals surface area contributed by atoms with Crippen molar-refractivity contribution < 1.29 is 58.6 Å². The molecule has 5 rings (SSSR count). The summed E-state index contributed by atoms with van der Waals surface area (Å²) in [5, 5.41) is 47.6. The summed E-state index contributed by atoms with van der Waals surface area (Å²) < 4.78 is 23.3. The molecule has 12 nitrogen and oxygen atoms in total. The van der Waals surface area contributed by atoms with Crippen molar-refractivity contribution in [3.63, 3.8) is 0 Å². The quantitative estimate of drug-likeness (QED) is 0.214. The average Bonchev–Trinajstić information content (AvgIpc) is 2.93. The molecule has 234 valence electrons. The van der Waals surface area contributed by atoms with Gasteiger partial charge in [-0.2, -0.15) is 0 Å². The Hall–Kier alpha value is -3.16. The van der Waals surface area contributed by atoms with E-state index in [0.29, 0.717) is 0 Å². The lowest BCUT2D eigenvalue weighted by molar-refractivity contribution is -0.352. The Morgan fingerprint density at radius 2 is 1.60 bits per heavy atom. The van der Waals surface area contributed by atoms with Crippen molar-refractivity contribution in [3.8, 4) is 0 Å². The number of esters is 3. The van der Waals surface area contributed by atoms with E-state index in [2.05, 4.69) is 0 Å². The van der Waals surface area contributed by atoms with E-state index in [9.17, 15) is 39.6 Å². The van der Waals surface area contributed by atoms with E-state index in [0.717, 1.165) is 13.8 Å². The third-order valence-corrected chi connectivity index (χ3v) is 10.3. The number of benzene rings is 1. The monoisotopic (exact) mass is 602 g/mol. The molecule has 0 amide bonds. The number of hydrogen-bond donors (Lipinski definition) is 4. The van der Waals surface area contributed by atoms with Crippen LogP contribution < -0.4 is 0 Å². The fraction of sp³-hybridized carbons (Fsp3) is 0.613.